The van der Waals surface area contributed by atoms with Crippen LogP contribution < -0.4 is 10.5 Å². The lowest BCUT2D eigenvalue weighted by molar-refractivity contribution is 0.412. The van der Waals surface area contributed by atoms with Gasteiger partial charge in [-0.3, -0.25) is 0 Å². The minimum Gasteiger partial charge on any atom is -0.497 e. The highest BCUT2D eigenvalue weighted by molar-refractivity contribution is 7.94. The largest absolute Gasteiger partial charge is 0.497 e. The Bertz CT molecular complexity index is 1240. The topological polar surface area (TPSA) is 104 Å². The van der Waals surface area contributed by atoms with Crippen molar-refractivity contribution in [2.24, 2.45) is 5.73 Å². The summed E-state index contributed by atoms with van der Waals surface area (Å²) in [6.45, 7) is 0.263. The first-order chi connectivity index (χ1) is 13.7. The standard InChI is InChI=1S/C20H18ClNO5S2/c1-27-16-6-11-19(28(23,24)17-7-2-14(13-22)3-8-17)20(12-16)29(25,26)18-9-4-15(21)5-10-18/h2-12H,13,22H2,1H3. The van der Waals surface area contributed by atoms with E-state index in [4.69, 9.17) is 22.1 Å². The number of halogens is 1. The molecule has 29 heavy (non-hydrogen) atoms. The molecule has 3 aromatic carbocycles. The van der Waals surface area contributed by atoms with Crippen LogP contribution in [0, 0.1) is 0 Å². The molecule has 0 aromatic heterocycles. The zero-order valence-corrected chi connectivity index (χ0v) is 17.8. The molecular formula is C20H18ClNO5S2. The van der Waals surface area contributed by atoms with Crippen molar-refractivity contribution in [3.63, 3.8) is 0 Å². The van der Waals surface area contributed by atoms with E-state index in [9.17, 15) is 16.8 Å². The fraction of sp³-hybridized carbons (Fsp3) is 0.100. The van der Waals surface area contributed by atoms with Crippen molar-refractivity contribution in [1.82, 2.24) is 0 Å². The van der Waals surface area contributed by atoms with Gasteiger partial charge in [-0.25, -0.2) is 16.8 Å². The van der Waals surface area contributed by atoms with E-state index in [1.807, 2.05) is 0 Å². The molecule has 0 unspecified atom stereocenters. The van der Waals surface area contributed by atoms with Gasteiger partial charge in [-0.15, -0.1) is 0 Å². The van der Waals surface area contributed by atoms with E-state index in [2.05, 4.69) is 0 Å². The third-order valence-corrected chi connectivity index (χ3v) is 8.34. The second-order valence-electron chi connectivity index (χ2n) is 6.12. The van der Waals surface area contributed by atoms with Crippen LogP contribution in [0.15, 0.2) is 86.3 Å². The van der Waals surface area contributed by atoms with E-state index in [0.717, 1.165) is 5.56 Å². The van der Waals surface area contributed by atoms with Crippen LogP contribution in [0.3, 0.4) is 0 Å². The first-order valence-corrected chi connectivity index (χ1v) is 11.8. The van der Waals surface area contributed by atoms with Crippen molar-refractivity contribution >= 4 is 31.3 Å². The maximum Gasteiger partial charge on any atom is 0.208 e. The van der Waals surface area contributed by atoms with E-state index >= 15 is 0 Å². The van der Waals surface area contributed by atoms with Gasteiger partial charge in [0, 0.05) is 17.6 Å². The number of ether oxygens (including phenoxy) is 1. The van der Waals surface area contributed by atoms with Crippen LogP contribution in [0.2, 0.25) is 5.02 Å². The summed E-state index contributed by atoms with van der Waals surface area (Å²) in [7, 11) is -6.91. The molecule has 9 heteroatoms. The summed E-state index contributed by atoms with van der Waals surface area (Å²) < 4.78 is 58.0. The number of hydrogen-bond acceptors (Lipinski definition) is 6. The molecule has 0 aliphatic heterocycles. The van der Waals surface area contributed by atoms with Crippen molar-refractivity contribution < 1.29 is 21.6 Å². The Morgan fingerprint density at radius 2 is 1.31 bits per heavy atom. The minimum atomic E-state index is -4.16. The number of rotatable bonds is 6. The number of sulfone groups is 2. The maximum atomic E-state index is 13.2. The van der Waals surface area contributed by atoms with Crippen LogP contribution in [-0.2, 0) is 26.2 Å². The van der Waals surface area contributed by atoms with Crippen LogP contribution in [0.25, 0.3) is 0 Å². The van der Waals surface area contributed by atoms with Gasteiger partial charge in [-0.2, -0.15) is 0 Å². The summed E-state index contributed by atoms with van der Waals surface area (Å²) in [6, 6.07) is 15.3. The van der Waals surface area contributed by atoms with Crippen molar-refractivity contribution in [2.45, 2.75) is 26.1 Å². The van der Waals surface area contributed by atoms with Gasteiger partial charge in [0.2, 0.25) is 19.7 Å². The average Bonchev–Trinajstić information content (AvgIpc) is 2.73. The molecule has 0 radical (unpaired) electrons. The molecule has 3 aromatic rings. The number of nitrogens with two attached hydrogens (primary N) is 1. The SMILES string of the molecule is COc1ccc(S(=O)(=O)c2ccc(CN)cc2)c(S(=O)(=O)c2ccc(Cl)cc2)c1. The average molecular weight is 452 g/mol. The van der Waals surface area contributed by atoms with Crippen molar-refractivity contribution in [3.8, 4) is 5.75 Å². The van der Waals surface area contributed by atoms with Gasteiger partial charge in [0.05, 0.1) is 26.7 Å². The first-order valence-electron chi connectivity index (χ1n) is 8.43. The summed E-state index contributed by atoms with van der Waals surface area (Å²) in [5, 5.41) is 0.363. The quantitative estimate of drug-likeness (QED) is 0.615. The van der Waals surface area contributed by atoms with E-state index in [1.54, 1.807) is 12.1 Å². The molecule has 0 saturated carbocycles. The van der Waals surface area contributed by atoms with Crippen LogP contribution >= 0.6 is 11.6 Å². The van der Waals surface area contributed by atoms with E-state index in [1.165, 1.54) is 61.7 Å². The fourth-order valence-corrected chi connectivity index (χ4v) is 6.18. The molecule has 0 spiro atoms. The highest BCUT2D eigenvalue weighted by Gasteiger charge is 2.30. The lowest BCUT2D eigenvalue weighted by atomic mass is 10.2. The number of benzene rings is 3. The molecule has 152 valence electrons. The zero-order chi connectivity index (χ0) is 21.2. The molecule has 0 aliphatic carbocycles. The lowest BCUT2D eigenvalue weighted by Gasteiger charge is -2.13. The summed E-state index contributed by atoms with van der Waals surface area (Å²) in [5.74, 6) is 0.218. The molecule has 0 heterocycles. The Labute approximate surface area is 174 Å². The molecule has 3 rings (SSSR count). The Morgan fingerprint density at radius 1 is 0.793 bits per heavy atom. The molecule has 0 aliphatic rings. The van der Waals surface area contributed by atoms with Gasteiger partial charge >= 0.3 is 0 Å². The Kier molecular flexibility index (Phi) is 6.00. The molecule has 0 atom stereocenters. The van der Waals surface area contributed by atoms with Crippen LogP contribution in [0.1, 0.15) is 5.56 Å². The maximum absolute atomic E-state index is 13.2. The van der Waals surface area contributed by atoms with E-state index < -0.39 is 19.7 Å². The molecule has 6 nitrogen and oxygen atoms in total. The normalized spacial score (nSPS) is 12.0. The second-order valence-corrected chi connectivity index (χ2v) is 10.4. The fourth-order valence-electron chi connectivity index (χ4n) is 2.72. The van der Waals surface area contributed by atoms with Crippen LogP contribution in [-0.4, -0.2) is 23.9 Å². The van der Waals surface area contributed by atoms with Crippen LogP contribution in [0.4, 0.5) is 0 Å². The smallest absolute Gasteiger partial charge is 0.208 e. The summed E-state index contributed by atoms with van der Waals surface area (Å²) in [6.07, 6.45) is 0. The molecule has 0 amide bonds. The third-order valence-electron chi connectivity index (χ3n) is 4.32. The predicted molar refractivity (Wildman–Crippen MR) is 110 cm³/mol. The Morgan fingerprint density at radius 3 is 1.83 bits per heavy atom. The number of hydrogen-bond donors (Lipinski definition) is 1. The molecule has 2 N–H and O–H groups in total. The Balaban J connectivity index is 2.23. The van der Waals surface area contributed by atoms with Crippen molar-refractivity contribution in [3.05, 3.63) is 77.3 Å². The zero-order valence-electron chi connectivity index (χ0n) is 15.4. The highest BCUT2D eigenvalue weighted by Crippen LogP contribution is 2.34. The predicted octanol–water partition coefficient (Wildman–Crippen LogP) is 3.47. The van der Waals surface area contributed by atoms with E-state index in [0.29, 0.717) is 5.02 Å². The highest BCUT2D eigenvalue weighted by atomic mass is 35.5. The van der Waals surface area contributed by atoms with Crippen LogP contribution in [0.5, 0.6) is 5.75 Å². The second kappa shape index (κ2) is 8.16. The third kappa shape index (κ3) is 4.16. The molecular weight excluding hydrogens is 434 g/mol. The van der Waals surface area contributed by atoms with Gasteiger partial charge < -0.3 is 10.5 Å². The summed E-state index contributed by atoms with van der Waals surface area (Å²) in [5.41, 5.74) is 6.31. The van der Waals surface area contributed by atoms with Gasteiger partial charge in [0.15, 0.2) is 0 Å². The number of methoxy groups -OCH3 is 1. The minimum absolute atomic E-state index is 0.0348. The van der Waals surface area contributed by atoms with Gasteiger partial charge in [-0.05, 0) is 54.1 Å². The van der Waals surface area contributed by atoms with E-state index in [-0.39, 0.29) is 31.9 Å². The lowest BCUT2D eigenvalue weighted by Crippen LogP contribution is -2.11. The summed E-state index contributed by atoms with van der Waals surface area (Å²) in [4.78, 5) is -0.826. The monoisotopic (exact) mass is 451 g/mol. The molecule has 0 bridgehead atoms. The molecule has 0 fully saturated rings. The van der Waals surface area contributed by atoms with Crippen molar-refractivity contribution in [2.75, 3.05) is 7.11 Å². The van der Waals surface area contributed by atoms with Gasteiger partial charge in [0.1, 0.15) is 5.75 Å². The molecule has 0 saturated heterocycles. The van der Waals surface area contributed by atoms with Gasteiger partial charge in [-0.1, -0.05) is 23.7 Å². The Hall–Kier alpha value is -2.39. The first kappa shape index (κ1) is 21.3. The van der Waals surface area contributed by atoms with Gasteiger partial charge in [0.25, 0.3) is 0 Å². The summed E-state index contributed by atoms with van der Waals surface area (Å²) >= 11 is 5.84. The van der Waals surface area contributed by atoms with Crippen molar-refractivity contribution in [1.29, 1.82) is 0 Å².